The first-order valence-electron chi connectivity index (χ1n) is 10.1. The topological polar surface area (TPSA) is 64.0 Å². The number of benzene rings is 4. The summed E-state index contributed by atoms with van der Waals surface area (Å²) in [5.41, 5.74) is 4.54. The molecular formula is C26H18ClN3O2. The maximum absolute atomic E-state index is 13.0. The van der Waals surface area contributed by atoms with Crippen LogP contribution < -0.4 is 11.0 Å². The Morgan fingerprint density at radius 3 is 2.25 bits per heavy atom. The molecule has 5 rings (SSSR count). The average Bonchev–Trinajstić information content (AvgIpc) is 2.82. The largest absolute Gasteiger partial charge is 0.294 e. The molecule has 1 amide bonds. The Bertz CT molecular complexity index is 1520. The van der Waals surface area contributed by atoms with Gasteiger partial charge in [-0.15, -0.1) is 9.89 Å². The van der Waals surface area contributed by atoms with Crippen LogP contribution in [0.5, 0.6) is 0 Å². The third kappa shape index (κ3) is 3.74. The Kier molecular flexibility index (Phi) is 5.17. The SMILES string of the molecule is O=C(Cc1cccc2ccccc12)Nn1nc(-c2ccc(Cl)cc2)c2ccccc2c1=O. The van der Waals surface area contributed by atoms with E-state index in [0.717, 1.165) is 26.7 Å². The maximum Gasteiger partial charge on any atom is 0.294 e. The van der Waals surface area contributed by atoms with Gasteiger partial charge in [0.1, 0.15) is 5.69 Å². The molecule has 1 aromatic heterocycles. The van der Waals surface area contributed by atoms with Crippen LogP contribution in [0.25, 0.3) is 32.8 Å². The zero-order valence-electron chi connectivity index (χ0n) is 17.0. The van der Waals surface area contributed by atoms with Gasteiger partial charge >= 0.3 is 0 Å². The van der Waals surface area contributed by atoms with Crippen molar-refractivity contribution in [3.8, 4) is 11.3 Å². The van der Waals surface area contributed by atoms with E-state index < -0.39 is 0 Å². The molecule has 0 atom stereocenters. The van der Waals surface area contributed by atoms with Crippen molar-refractivity contribution >= 4 is 39.1 Å². The molecule has 0 aliphatic carbocycles. The van der Waals surface area contributed by atoms with E-state index in [1.807, 2.05) is 66.7 Å². The average molecular weight is 440 g/mol. The van der Waals surface area contributed by atoms with Crippen LogP contribution >= 0.6 is 11.6 Å². The predicted molar refractivity (Wildman–Crippen MR) is 128 cm³/mol. The van der Waals surface area contributed by atoms with Crippen molar-refractivity contribution in [1.82, 2.24) is 9.89 Å². The van der Waals surface area contributed by atoms with E-state index in [0.29, 0.717) is 21.5 Å². The molecule has 0 aliphatic heterocycles. The van der Waals surface area contributed by atoms with E-state index in [9.17, 15) is 9.59 Å². The molecule has 4 aromatic carbocycles. The minimum Gasteiger partial charge on any atom is -0.273 e. The lowest BCUT2D eigenvalue weighted by Gasteiger charge is -2.13. The summed E-state index contributed by atoms with van der Waals surface area (Å²) in [6.45, 7) is 0. The van der Waals surface area contributed by atoms with Crippen molar-refractivity contribution in [3.63, 3.8) is 0 Å². The number of halogens is 1. The van der Waals surface area contributed by atoms with Crippen molar-refractivity contribution < 1.29 is 4.79 Å². The fraction of sp³-hybridized carbons (Fsp3) is 0.0385. The Labute approximate surface area is 188 Å². The minimum absolute atomic E-state index is 0.124. The van der Waals surface area contributed by atoms with E-state index in [1.165, 1.54) is 0 Å². The zero-order valence-corrected chi connectivity index (χ0v) is 17.7. The van der Waals surface area contributed by atoms with E-state index in [1.54, 1.807) is 24.3 Å². The van der Waals surface area contributed by atoms with Gasteiger partial charge in [0, 0.05) is 16.0 Å². The molecule has 156 valence electrons. The molecule has 6 heteroatoms. The molecule has 0 saturated carbocycles. The highest BCUT2D eigenvalue weighted by Crippen LogP contribution is 2.25. The monoisotopic (exact) mass is 439 g/mol. The molecule has 5 aromatic rings. The van der Waals surface area contributed by atoms with Crippen LogP contribution in [0, 0.1) is 0 Å². The number of fused-ring (bicyclic) bond motifs is 2. The second-order valence-electron chi connectivity index (χ2n) is 7.47. The van der Waals surface area contributed by atoms with Crippen LogP contribution in [-0.4, -0.2) is 15.8 Å². The number of carbonyl (C=O) groups is 1. The van der Waals surface area contributed by atoms with Gasteiger partial charge in [-0.05, 0) is 34.5 Å². The van der Waals surface area contributed by atoms with Crippen molar-refractivity contribution in [3.05, 3.63) is 112 Å². The third-order valence-electron chi connectivity index (χ3n) is 5.38. The molecule has 5 nitrogen and oxygen atoms in total. The number of nitrogens with one attached hydrogen (secondary N) is 1. The lowest BCUT2D eigenvalue weighted by atomic mass is 10.0. The summed E-state index contributed by atoms with van der Waals surface area (Å²) in [5, 5.41) is 8.32. The van der Waals surface area contributed by atoms with Crippen LogP contribution in [0.4, 0.5) is 0 Å². The summed E-state index contributed by atoms with van der Waals surface area (Å²) in [5.74, 6) is -0.326. The minimum atomic E-state index is -0.385. The van der Waals surface area contributed by atoms with Crippen LogP contribution in [0.2, 0.25) is 5.02 Å². The van der Waals surface area contributed by atoms with Gasteiger partial charge in [0.2, 0.25) is 5.91 Å². The molecule has 0 aliphatic rings. The summed E-state index contributed by atoms with van der Waals surface area (Å²) in [4.78, 5) is 26.9. The van der Waals surface area contributed by atoms with Crippen LogP contribution in [0.3, 0.4) is 0 Å². The van der Waals surface area contributed by atoms with Crippen molar-refractivity contribution in [2.75, 3.05) is 5.43 Å². The summed E-state index contributed by atoms with van der Waals surface area (Å²) in [6.07, 6.45) is 0.124. The number of amides is 1. The van der Waals surface area contributed by atoms with Crippen LogP contribution in [0.1, 0.15) is 5.56 Å². The highest BCUT2D eigenvalue weighted by Gasteiger charge is 2.14. The fourth-order valence-electron chi connectivity index (χ4n) is 3.86. The van der Waals surface area contributed by atoms with Crippen LogP contribution in [-0.2, 0) is 11.2 Å². The van der Waals surface area contributed by atoms with Gasteiger partial charge in [-0.25, -0.2) is 5.43 Å². The van der Waals surface area contributed by atoms with E-state index in [2.05, 4.69) is 10.5 Å². The predicted octanol–water partition coefficient (Wildman–Crippen LogP) is 5.18. The first kappa shape index (κ1) is 20.0. The fourth-order valence-corrected chi connectivity index (χ4v) is 3.99. The molecular weight excluding hydrogens is 422 g/mol. The van der Waals surface area contributed by atoms with Gasteiger partial charge < -0.3 is 0 Å². The quantitative estimate of drug-likeness (QED) is 0.419. The Hall–Kier alpha value is -3.96. The maximum atomic E-state index is 13.0. The number of hydrogen-bond acceptors (Lipinski definition) is 3. The number of nitrogens with zero attached hydrogens (tertiary/aromatic N) is 2. The highest BCUT2D eigenvalue weighted by atomic mass is 35.5. The molecule has 1 heterocycles. The molecule has 0 unspecified atom stereocenters. The summed E-state index contributed by atoms with van der Waals surface area (Å²) in [6, 6.07) is 28.2. The second-order valence-corrected chi connectivity index (χ2v) is 7.90. The zero-order chi connectivity index (χ0) is 22.1. The summed E-state index contributed by atoms with van der Waals surface area (Å²) in [7, 11) is 0. The first-order valence-corrected chi connectivity index (χ1v) is 10.5. The second kappa shape index (κ2) is 8.29. The smallest absolute Gasteiger partial charge is 0.273 e. The van der Waals surface area contributed by atoms with E-state index >= 15 is 0 Å². The van der Waals surface area contributed by atoms with Crippen molar-refractivity contribution in [2.45, 2.75) is 6.42 Å². The highest BCUT2D eigenvalue weighted by molar-refractivity contribution is 6.30. The van der Waals surface area contributed by atoms with Gasteiger partial charge in [-0.3, -0.25) is 9.59 Å². The van der Waals surface area contributed by atoms with Gasteiger partial charge in [-0.2, -0.15) is 0 Å². The molecule has 1 N–H and O–H groups in total. The lowest BCUT2D eigenvalue weighted by Crippen LogP contribution is -2.36. The lowest BCUT2D eigenvalue weighted by molar-refractivity contribution is -0.116. The Balaban J connectivity index is 1.54. The Morgan fingerprint density at radius 2 is 1.47 bits per heavy atom. The summed E-state index contributed by atoms with van der Waals surface area (Å²) >= 11 is 6.03. The van der Waals surface area contributed by atoms with E-state index in [4.69, 9.17) is 11.6 Å². The van der Waals surface area contributed by atoms with Gasteiger partial charge in [0.05, 0.1) is 11.8 Å². The molecule has 0 fully saturated rings. The van der Waals surface area contributed by atoms with Gasteiger partial charge in [-0.1, -0.05) is 84.4 Å². The molecule has 0 saturated heterocycles. The van der Waals surface area contributed by atoms with Gasteiger partial charge in [0.15, 0.2) is 0 Å². The van der Waals surface area contributed by atoms with Crippen molar-refractivity contribution in [1.29, 1.82) is 0 Å². The third-order valence-corrected chi connectivity index (χ3v) is 5.64. The first-order chi connectivity index (χ1) is 15.6. The molecule has 0 bridgehead atoms. The number of carbonyl (C=O) groups excluding carboxylic acids is 1. The molecule has 0 radical (unpaired) electrons. The molecule has 0 spiro atoms. The number of aromatic nitrogens is 2. The Morgan fingerprint density at radius 1 is 0.812 bits per heavy atom. The summed E-state index contributed by atoms with van der Waals surface area (Å²) < 4.78 is 0. The van der Waals surface area contributed by atoms with Gasteiger partial charge in [0.25, 0.3) is 5.56 Å². The number of rotatable bonds is 4. The number of hydrogen-bond donors (Lipinski definition) is 1. The van der Waals surface area contributed by atoms with E-state index in [-0.39, 0.29) is 17.9 Å². The van der Waals surface area contributed by atoms with Crippen LogP contribution in [0.15, 0.2) is 95.8 Å². The van der Waals surface area contributed by atoms with Crippen molar-refractivity contribution in [2.24, 2.45) is 0 Å². The molecule has 32 heavy (non-hydrogen) atoms. The normalized spacial score (nSPS) is 11.0. The standard InChI is InChI=1S/C26H18ClN3O2/c27-20-14-12-18(13-15-20)25-22-10-3-4-11-23(22)26(32)30(29-25)28-24(31)16-19-8-5-7-17-6-1-2-9-21(17)19/h1-15H,16H2,(H,28,31).